The molecule has 0 bridgehead atoms. The first-order valence-corrected chi connectivity index (χ1v) is 18.0. The molecule has 3 fully saturated rings. The van der Waals surface area contributed by atoms with Crippen LogP contribution in [0.25, 0.3) is 22.2 Å². The molecule has 3 heterocycles. The van der Waals surface area contributed by atoms with E-state index >= 15 is 0 Å². The van der Waals surface area contributed by atoms with Crippen LogP contribution in [0.4, 0.5) is 0 Å². The summed E-state index contributed by atoms with van der Waals surface area (Å²) in [5.74, 6) is 0.983. The van der Waals surface area contributed by atoms with Crippen LogP contribution in [0, 0.1) is 5.41 Å². The van der Waals surface area contributed by atoms with Crippen molar-refractivity contribution in [3.05, 3.63) is 53.1 Å². The van der Waals surface area contributed by atoms with Crippen molar-refractivity contribution < 1.29 is 23.3 Å². The Labute approximate surface area is 279 Å². The van der Waals surface area contributed by atoms with Gasteiger partial charge in [0.25, 0.3) is 5.91 Å². The molecule has 47 heavy (non-hydrogen) atoms. The Bertz CT molecular complexity index is 1780. The fraction of sp³-hybridized carbons (Fsp3) is 0.528. The van der Waals surface area contributed by atoms with E-state index < -0.39 is 22.5 Å². The van der Waals surface area contributed by atoms with E-state index in [0.29, 0.717) is 44.2 Å². The van der Waals surface area contributed by atoms with Gasteiger partial charge in [0.15, 0.2) is 11.2 Å². The molecule has 2 aromatic carbocycles. The number of aromatic nitrogens is 1. The summed E-state index contributed by atoms with van der Waals surface area (Å²) in [6, 6.07) is 12.1. The Hall–Kier alpha value is -3.70. The van der Waals surface area contributed by atoms with E-state index in [9.17, 15) is 18.6 Å². The number of carbonyl (C=O) groups is 3. The summed E-state index contributed by atoms with van der Waals surface area (Å²) in [4.78, 5) is 44.1. The van der Waals surface area contributed by atoms with Crippen LogP contribution in [0.1, 0.15) is 85.2 Å². The van der Waals surface area contributed by atoms with Crippen molar-refractivity contribution >= 4 is 39.8 Å². The van der Waals surface area contributed by atoms with Gasteiger partial charge in [-0.25, -0.2) is 8.51 Å². The van der Waals surface area contributed by atoms with Gasteiger partial charge in [0.05, 0.1) is 18.2 Å². The van der Waals surface area contributed by atoms with Crippen LogP contribution in [-0.4, -0.2) is 88.0 Å². The van der Waals surface area contributed by atoms with Crippen LogP contribution in [0.2, 0.25) is 0 Å². The number of hydrogen-bond donors (Lipinski definition) is 1. The SMILES string of the molecule is COc1ccc2c(c1)C1CC1(C(=O)N1CCCN(C(C)=O)CC1)Cn1c-2c(C2CCCCC2)c2ccc(C(=O)NS(=O)N(C)C)cc21. The Balaban J connectivity index is 1.39. The standard InChI is InChI=1S/C36H45N5O5S/c1-23(42)39-15-8-16-40(18-17-39)35(44)36-21-30(36)29-20-26(46-4)12-14-27(29)33-32(24-9-6-5-7-10-24)28-13-11-25(19-31(28)41(33)22-36)34(43)37-47(45)38(2)3/h11-14,19-20,24,30H,5-10,15-18,21-22H2,1-4H3,(H,37,43). The Kier molecular flexibility index (Phi) is 8.41. The number of amides is 3. The first kappa shape index (κ1) is 31.9. The third-order valence-corrected chi connectivity index (χ3v) is 12.0. The van der Waals surface area contributed by atoms with Gasteiger partial charge < -0.3 is 19.1 Å². The predicted molar refractivity (Wildman–Crippen MR) is 182 cm³/mol. The molecule has 3 aromatic rings. The molecular weight excluding hydrogens is 614 g/mol. The normalized spacial score (nSPS) is 23.3. The monoisotopic (exact) mass is 659 g/mol. The average molecular weight is 660 g/mol. The van der Waals surface area contributed by atoms with Crippen molar-refractivity contribution in [3.63, 3.8) is 0 Å². The summed E-state index contributed by atoms with van der Waals surface area (Å²) in [7, 11) is 4.99. The van der Waals surface area contributed by atoms with Crippen molar-refractivity contribution in [2.45, 2.75) is 70.3 Å². The third-order valence-electron chi connectivity index (χ3n) is 11.0. The molecule has 11 heteroatoms. The zero-order chi connectivity index (χ0) is 33.0. The lowest BCUT2D eigenvalue weighted by atomic mass is 9.81. The number of hydrogen-bond acceptors (Lipinski definition) is 5. The summed E-state index contributed by atoms with van der Waals surface area (Å²) < 4.78 is 24.6. The molecule has 2 saturated carbocycles. The molecule has 3 amide bonds. The largest absolute Gasteiger partial charge is 0.497 e. The molecule has 250 valence electrons. The van der Waals surface area contributed by atoms with Crippen LogP contribution >= 0.6 is 0 Å². The summed E-state index contributed by atoms with van der Waals surface area (Å²) in [5.41, 5.74) is 5.48. The van der Waals surface area contributed by atoms with E-state index in [1.165, 1.54) is 29.1 Å². The second kappa shape index (κ2) is 12.4. The molecule has 10 nitrogen and oxygen atoms in total. The quantitative estimate of drug-likeness (QED) is 0.410. The van der Waals surface area contributed by atoms with Gasteiger partial charge in [0.2, 0.25) is 11.8 Å². The number of carbonyl (C=O) groups excluding carboxylic acids is 3. The highest BCUT2D eigenvalue weighted by molar-refractivity contribution is 7.81. The van der Waals surface area contributed by atoms with Gasteiger partial charge in [-0.05, 0) is 73.1 Å². The zero-order valence-electron chi connectivity index (χ0n) is 27.8. The number of fused-ring (bicyclic) bond motifs is 7. The van der Waals surface area contributed by atoms with Gasteiger partial charge >= 0.3 is 0 Å². The Morgan fingerprint density at radius 2 is 1.70 bits per heavy atom. The molecule has 2 aliphatic heterocycles. The minimum Gasteiger partial charge on any atom is -0.497 e. The van der Waals surface area contributed by atoms with Crippen LogP contribution in [0.15, 0.2) is 36.4 Å². The highest BCUT2D eigenvalue weighted by Crippen LogP contribution is 2.66. The van der Waals surface area contributed by atoms with E-state index in [2.05, 4.69) is 27.5 Å². The number of benzene rings is 2. The average Bonchev–Trinajstić information content (AvgIpc) is 3.80. The molecule has 0 spiro atoms. The number of rotatable bonds is 6. The number of ether oxygens (including phenoxy) is 1. The van der Waals surface area contributed by atoms with Gasteiger partial charge in [-0.15, -0.1) is 0 Å². The highest BCUT2D eigenvalue weighted by Gasteiger charge is 2.63. The van der Waals surface area contributed by atoms with E-state index in [1.807, 2.05) is 28.0 Å². The third kappa shape index (κ3) is 5.55. The summed E-state index contributed by atoms with van der Waals surface area (Å²) in [6.45, 7) is 4.46. The highest BCUT2D eigenvalue weighted by atomic mass is 32.2. The predicted octanol–water partition coefficient (Wildman–Crippen LogP) is 4.80. The summed E-state index contributed by atoms with van der Waals surface area (Å²) in [6.07, 6.45) is 7.31. The number of nitrogens with one attached hydrogen (secondary N) is 1. The lowest BCUT2D eigenvalue weighted by Crippen LogP contribution is -2.42. The first-order valence-electron chi connectivity index (χ1n) is 16.9. The maximum atomic E-state index is 14.8. The fourth-order valence-electron chi connectivity index (χ4n) is 8.40. The smallest absolute Gasteiger partial charge is 0.264 e. The maximum absolute atomic E-state index is 14.8. The minimum atomic E-state index is -1.65. The molecule has 3 unspecified atom stereocenters. The maximum Gasteiger partial charge on any atom is 0.264 e. The zero-order valence-corrected chi connectivity index (χ0v) is 28.7. The molecule has 1 N–H and O–H groups in total. The van der Waals surface area contributed by atoms with Gasteiger partial charge in [0, 0.05) is 81.7 Å². The van der Waals surface area contributed by atoms with Crippen LogP contribution in [0.5, 0.6) is 5.75 Å². The van der Waals surface area contributed by atoms with E-state index in [1.54, 1.807) is 28.1 Å². The van der Waals surface area contributed by atoms with Gasteiger partial charge in [-0.1, -0.05) is 25.3 Å². The van der Waals surface area contributed by atoms with Crippen molar-refractivity contribution in [1.82, 2.24) is 23.4 Å². The van der Waals surface area contributed by atoms with E-state index in [4.69, 9.17) is 4.74 Å². The number of methoxy groups -OCH3 is 1. The van der Waals surface area contributed by atoms with Crippen LogP contribution < -0.4 is 9.46 Å². The summed E-state index contributed by atoms with van der Waals surface area (Å²) >= 11 is -1.65. The van der Waals surface area contributed by atoms with Gasteiger partial charge in [-0.3, -0.25) is 19.1 Å². The van der Waals surface area contributed by atoms with Crippen molar-refractivity contribution in [2.75, 3.05) is 47.4 Å². The molecule has 1 saturated heterocycles. The molecule has 3 atom stereocenters. The van der Waals surface area contributed by atoms with Crippen molar-refractivity contribution in [1.29, 1.82) is 0 Å². The van der Waals surface area contributed by atoms with Gasteiger partial charge in [0.1, 0.15) is 5.75 Å². The van der Waals surface area contributed by atoms with E-state index in [-0.39, 0.29) is 17.7 Å². The minimum absolute atomic E-state index is 0.0374. The van der Waals surface area contributed by atoms with Crippen molar-refractivity contribution in [3.8, 4) is 17.0 Å². The summed E-state index contributed by atoms with van der Waals surface area (Å²) in [5, 5.41) is 1.12. The Morgan fingerprint density at radius 1 is 0.957 bits per heavy atom. The van der Waals surface area contributed by atoms with Crippen molar-refractivity contribution in [2.24, 2.45) is 5.41 Å². The second-order valence-corrected chi connectivity index (χ2v) is 15.4. The Morgan fingerprint density at radius 3 is 2.43 bits per heavy atom. The molecule has 2 aliphatic carbocycles. The molecular formula is C36H45N5O5S. The van der Waals surface area contributed by atoms with Crippen LogP contribution in [-0.2, 0) is 27.3 Å². The molecule has 1 aromatic heterocycles. The lowest BCUT2D eigenvalue weighted by molar-refractivity contribution is -0.138. The van der Waals surface area contributed by atoms with Crippen LogP contribution in [0.3, 0.4) is 0 Å². The lowest BCUT2D eigenvalue weighted by Gasteiger charge is -2.27. The molecule has 4 aliphatic rings. The van der Waals surface area contributed by atoms with E-state index in [0.717, 1.165) is 59.2 Å². The topological polar surface area (TPSA) is 104 Å². The molecule has 7 rings (SSSR count). The second-order valence-electron chi connectivity index (χ2n) is 13.9. The fourth-order valence-corrected chi connectivity index (χ4v) is 8.86. The first-order chi connectivity index (χ1) is 22.6. The molecule has 0 radical (unpaired) electrons. The van der Waals surface area contributed by atoms with Gasteiger partial charge in [-0.2, -0.15) is 0 Å². The number of nitrogens with zero attached hydrogens (tertiary/aromatic N) is 4.